The van der Waals surface area contributed by atoms with Crippen molar-refractivity contribution in [2.45, 2.75) is 19.1 Å². The zero-order chi connectivity index (χ0) is 22.7. The molecule has 164 valence electrons. The molecule has 1 aliphatic rings. The molecule has 0 spiro atoms. The van der Waals surface area contributed by atoms with Crippen molar-refractivity contribution in [2.24, 2.45) is 5.10 Å². The summed E-state index contributed by atoms with van der Waals surface area (Å²) in [7, 11) is 0. The van der Waals surface area contributed by atoms with Gasteiger partial charge in [-0.3, -0.25) is 0 Å². The molecule has 32 heavy (non-hydrogen) atoms. The number of nitrogens with zero attached hydrogens (tertiary/aromatic N) is 2. The normalized spacial score (nSPS) is 15.6. The Kier molecular flexibility index (Phi) is 6.58. The second-order valence-corrected chi connectivity index (χ2v) is 7.88. The van der Waals surface area contributed by atoms with E-state index in [9.17, 15) is 13.6 Å². The highest BCUT2D eigenvalue weighted by Gasteiger charge is 2.33. The number of amides is 2. The Morgan fingerprint density at radius 1 is 0.969 bits per heavy atom. The van der Waals surface area contributed by atoms with E-state index in [1.165, 1.54) is 17.1 Å². The first kappa shape index (κ1) is 22.0. The van der Waals surface area contributed by atoms with Crippen LogP contribution in [0.4, 0.5) is 19.3 Å². The van der Waals surface area contributed by atoms with E-state index in [4.69, 9.17) is 23.2 Å². The average molecular weight is 476 g/mol. The van der Waals surface area contributed by atoms with E-state index in [0.29, 0.717) is 33.4 Å². The number of nitrogens with one attached hydrogen (secondary N) is 1. The van der Waals surface area contributed by atoms with E-state index in [2.05, 4.69) is 15.2 Å². The summed E-state index contributed by atoms with van der Waals surface area (Å²) in [5.74, 6) is 0.0499. The van der Waals surface area contributed by atoms with Crippen LogP contribution < -0.4 is 10.1 Å². The largest absolute Gasteiger partial charge is 0.435 e. The van der Waals surface area contributed by atoms with E-state index < -0.39 is 12.6 Å². The second kappa shape index (κ2) is 9.54. The lowest BCUT2D eigenvalue weighted by molar-refractivity contribution is -0.0498. The van der Waals surface area contributed by atoms with Crippen molar-refractivity contribution in [1.29, 1.82) is 0 Å². The smallest absolute Gasteiger partial charge is 0.387 e. The first-order valence-electron chi connectivity index (χ1n) is 9.63. The van der Waals surface area contributed by atoms with Gasteiger partial charge in [0.05, 0.1) is 11.8 Å². The molecular weight excluding hydrogens is 459 g/mol. The molecule has 9 heteroatoms. The Bertz CT molecular complexity index is 1120. The van der Waals surface area contributed by atoms with Gasteiger partial charge in [0.2, 0.25) is 0 Å². The monoisotopic (exact) mass is 475 g/mol. The number of ether oxygens (including phenoxy) is 1. The van der Waals surface area contributed by atoms with Gasteiger partial charge in [0.25, 0.3) is 0 Å². The Morgan fingerprint density at radius 3 is 2.16 bits per heavy atom. The summed E-state index contributed by atoms with van der Waals surface area (Å²) in [6, 6.07) is 19.3. The van der Waals surface area contributed by atoms with Crippen LogP contribution in [0.5, 0.6) is 5.75 Å². The molecule has 0 saturated carbocycles. The Balaban J connectivity index is 1.61. The van der Waals surface area contributed by atoms with E-state index in [1.807, 2.05) is 12.1 Å². The van der Waals surface area contributed by atoms with Crippen LogP contribution in [0.15, 0.2) is 77.9 Å². The molecule has 0 aliphatic carbocycles. The summed E-state index contributed by atoms with van der Waals surface area (Å²) in [5, 5.41) is 9.86. The second-order valence-electron chi connectivity index (χ2n) is 7.00. The van der Waals surface area contributed by atoms with Crippen LogP contribution in [0.2, 0.25) is 10.0 Å². The van der Waals surface area contributed by atoms with Gasteiger partial charge in [0.15, 0.2) is 0 Å². The van der Waals surface area contributed by atoms with Crippen molar-refractivity contribution in [3.63, 3.8) is 0 Å². The number of benzene rings is 3. The third-order valence-electron chi connectivity index (χ3n) is 4.88. The van der Waals surface area contributed by atoms with Crippen molar-refractivity contribution < 1.29 is 18.3 Å². The quantitative estimate of drug-likeness (QED) is 0.432. The Morgan fingerprint density at radius 2 is 1.56 bits per heavy atom. The fourth-order valence-corrected chi connectivity index (χ4v) is 3.61. The summed E-state index contributed by atoms with van der Waals surface area (Å²) >= 11 is 11.9. The summed E-state index contributed by atoms with van der Waals surface area (Å²) in [6.07, 6.45) is 0.435. The van der Waals surface area contributed by atoms with Crippen LogP contribution in [-0.2, 0) is 0 Å². The van der Waals surface area contributed by atoms with Gasteiger partial charge in [-0.25, -0.2) is 9.80 Å². The molecule has 3 aromatic carbocycles. The van der Waals surface area contributed by atoms with Gasteiger partial charge in [-0.1, -0.05) is 35.3 Å². The Labute approximate surface area is 193 Å². The van der Waals surface area contributed by atoms with Gasteiger partial charge >= 0.3 is 12.6 Å². The van der Waals surface area contributed by atoms with Crippen molar-refractivity contribution in [3.8, 4) is 5.75 Å². The predicted molar refractivity (Wildman–Crippen MR) is 121 cm³/mol. The molecule has 5 nitrogen and oxygen atoms in total. The molecular formula is C23H17Cl2F2N3O2. The van der Waals surface area contributed by atoms with Gasteiger partial charge in [0.1, 0.15) is 5.75 Å². The Hall–Kier alpha value is -3.16. The summed E-state index contributed by atoms with van der Waals surface area (Å²) in [5.41, 5.74) is 2.77. The molecule has 1 heterocycles. The molecule has 0 saturated heterocycles. The van der Waals surface area contributed by atoms with E-state index in [0.717, 1.165) is 5.56 Å². The van der Waals surface area contributed by atoms with Crippen molar-refractivity contribution >= 4 is 40.6 Å². The first-order chi connectivity index (χ1) is 15.4. The van der Waals surface area contributed by atoms with Crippen molar-refractivity contribution in [2.75, 3.05) is 5.32 Å². The van der Waals surface area contributed by atoms with E-state index in [-0.39, 0.29) is 11.8 Å². The third kappa shape index (κ3) is 5.18. The third-order valence-corrected chi connectivity index (χ3v) is 5.39. The number of halogens is 4. The van der Waals surface area contributed by atoms with E-state index in [1.54, 1.807) is 48.5 Å². The highest BCUT2D eigenvalue weighted by Crippen LogP contribution is 2.34. The number of carbonyl (C=O) groups excluding carboxylic acids is 1. The highest BCUT2D eigenvalue weighted by molar-refractivity contribution is 6.30. The molecule has 0 bridgehead atoms. The van der Waals surface area contributed by atoms with E-state index >= 15 is 0 Å². The standard InChI is InChI=1S/C23H17Cl2F2N3O2/c24-16-5-1-15(2-6-16)21-13-20(14-3-11-19(12-4-14)32-22(26)27)29-30(21)23(31)28-18-9-7-17(25)8-10-18/h1-12,21-22H,13H2,(H,28,31). The summed E-state index contributed by atoms with van der Waals surface area (Å²) in [4.78, 5) is 13.0. The van der Waals surface area contributed by atoms with Gasteiger partial charge in [-0.2, -0.15) is 13.9 Å². The maximum atomic E-state index is 13.0. The lowest BCUT2D eigenvalue weighted by Crippen LogP contribution is -2.31. The zero-order valence-corrected chi connectivity index (χ0v) is 18.0. The molecule has 0 fully saturated rings. The summed E-state index contributed by atoms with van der Waals surface area (Å²) in [6.45, 7) is -2.90. The minimum Gasteiger partial charge on any atom is -0.435 e. The molecule has 2 amide bonds. The number of alkyl halides is 2. The number of anilines is 1. The topological polar surface area (TPSA) is 53.9 Å². The number of urea groups is 1. The highest BCUT2D eigenvalue weighted by atomic mass is 35.5. The van der Waals surface area contributed by atoms with Crippen LogP contribution in [-0.4, -0.2) is 23.4 Å². The van der Waals surface area contributed by atoms with Crippen LogP contribution in [0, 0.1) is 0 Å². The van der Waals surface area contributed by atoms with Crippen molar-refractivity contribution in [3.05, 3.63) is 94.0 Å². The molecule has 3 aromatic rings. The number of rotatable bonds is 5. The molecule has 4 rings (SSSR count). The lowest BCUT2D eigenvalue weighted by atomic mass is 9.98. The minimum atomic E-state index is -2.90. The number of hydrogen-bond donors (Lipinski definition) is 1. The maximum Gasteiger partial charge on any atom is 0.387 e. The van der Waals surface area contributed by atoms with Crippen LogP contribution >= 0.6 is 23.2 Å². The van der Waals surface area contributed by atoms with Crippen LogP contribution in [0.3, 0.4) is 0 Å². The first-order valence-corrected chi connectivity index (χ1v) is 10.4. The number of hydrazone groups is 1. The molecule has 1 atom stereocenters. The molecule has 1 aliphatic heterocycles. The van der Waals surface area contributed by atoms with Crippen molar-refractivity contribution in [1.82, 2.24) is 5.01 Å². The average Bonchev–Trinajstić information content (AvgIpc) is 3.22. The van der Waals surface area contributed by atoms with Gasteiger partial charge in [0, 0.05) is 22.2 Å². The number of carbonyl (C=O) groups is 1. The molecule has 0 radical (unpaired) electrons. The SMILES string of the molecule is O=C(Nc1ccc(Cl)cc1)N1N=C(c2ccc(OC(F)F)cc2)CC1c1ccc(Cl)cc1. The fraction of sp³-hybridized carbons (Fsp3) is 0.130. The lowest BCUT2D eigenvalue weighted by Gasteiger charge is -2.22. The van der Waals surface area contributed by atoms with Gasteiger partial charge in [-0.15, -0.1) is 0 Å². The van der Waals surface area contributed by atoms with Gasteiger partial charge < -0.3 is 10.1 Å². The van der Waals surface area contributed by atoms with Gasteiger partial charge in [-0.05, 0) is 71.8 Å². The molecule has 0 aromatic heterocycles. The predicted octanol–water partition coefficient (Wildman–Crippen LogP) is 6.98. The fourth-order valence-electron chi connectivity index (χ4n) is 3.36. The zero-order valence-electron chi connectivity index (χ0n) is 16.5. The maximum absolute atomic E-state index is 13.0. The molecule has 1 unspecified atom stereocenters. The van der Waals surface area contributed by atoms with Crippen LogP contribution in [0.25, 0.3) is 0 Å². The minimum absolute atomic E-state index is 0.0499. The van der Waals surface area contributed by atoms with Crippen LogP contribution in [0.1, 0.15) is 23.6 Å². The number of hydrogen-bond acceptors (Lipinski definition) is 3. The molecule has 1 N–H and O–H groups in total. The summed E-state index contributed by atoms with van der Waals surface area (Å²) < 4.78 is 29.2.